The Morgan fingerprint density at radius 2 is 2.08 bits per heavy atom. The second-order valence-electron chi connectivity index (χ2n) is 2.37. The Morgan fingerprint density at radius 3 is 2.25 bits per heavy atom. The molecule has 0 unspecified atom stereocenters. The molecule has 0 radical (unpaired) electrons. The van der Waals surface area contributed by atoms with Gasteiger partial charge in [-0.3, -0.25) is 4.68 Å². The lowest BCUT2D eigenvalue weighted by atomic mass is 10.5. The van der Waals surface area contributed by atoms with Crippen molar-refractivity contribution in [2.75, 3.05) is 0 Å². The van der Waals surface area contributed by atoms with E-state index in [1.165, 1.54) is 4.68 Å². The Hall–Kier alpha value is -0.400. The average Bonchev–Trinajstić information content (AvgIpc) is 2.15. The molecule has 0 saturated carbocycles. The number of primary sulfonamides is 1. The van der Waals surface area contributed by atoms with Crippen molar-refractivity contribution < 1.29 is 8.42 Å². The number of halogens is 1. The Bertz CT molecular complexity index is 409. The van der Waals surface area contributed by atoms with Crippen LogP contribution in [0.1, 0.15) is 5.69 Å². The van der Waals surface area contributed by atoms with Gasteiger partial charge in [-0.2, -0.15) is 5.10 Å². The first-order valence-electron chi connectivity index (χ1n) is 3.06. The number of aromatic nitrogens is 2. The molecule has 0 bridgehead atoms. The summed E-state index contributed by atoms with van der Waals surface area (Å²) in [5.74, 6) is 0. The molecule has 1 rings (SSSR count). The van der Waals surface area contributed by atoms with Gasteiger partial charge in [-0.15, -0.1) is 0 Å². The Morgan fingerprint density at radius 1 is 1.58 bits per heavy atom. The number of nitrogens with zero attached hydrogens (tertiary/aromatic N) is 2. The van der Waals surface area contributed by atoms with E-state index < -0.39 is 10.0 Å². The standard InChI is InChI=1S/C5H8BrN3O2S/c1-3-4(6)5(8-9(3)2)12(7,10)11/h1-2H3,(H2,7,10,11). The number of hydrogen-bond donors (Lipinski definition) is 1. The quantitative estimate of drug-likeness (QED) is 0.774. The summed E-state index contributed by atoms with van der Waals surface area (Å²) >= 11 is 3.09. The highest BCUT2D eigenvalue weighted by Crippen LogP contribution is 2.22. The van der Waals surface area contributed by atoms with Crippen LogP contribution in [0, 0.1) is 6.92 Å². The van der Waals surface area contributed by atoms with Crippen LogP contribution < -0.4 is 5.14 Å². The minimum Gasteiger partial charge on any atom is -0.270 e. The lowest BCUT2D eigenvalue weighted by Crippen LogP contribution is -2.13. The third-order valence-corrected chi connectivity index (χ3v) is 3.54. The molecule has 0 fully saturated rings. The largest absolute Gasteiger partial charge is 0.270 e. The molecule has 0 aromatic carbocycles. The van der Waals surface area contributed by atoms with Crippen LogP contribution in [0.2, 0.25) is 0 Å². The van der Waals surface area contributed by atoms with E-state index in [2.05, 4.69) is 21.0 Å². The Balaban J connectivity index is 3.48. The zero-order chi connectivity index (χ0) is 9.52. The van der Waals surface area contributed by atoms with Crippen LogP contribution in [0.3, 0.4) is 0 Å². The van der Waals surface area contributed by atoms with Crippen molar-refractivity contribution in [1.29, 1.82) is 0 Å². The molecular formula is C5H8BrN3O2S. The van der Waals surface area contributed by atoms with Gasteiger partial charge in [-0.1, -0.05) is 0 Å². The molecule has 0 aliphatic carbocycles. The van der Waals surface area contributed by atoms with E-state index in [9.17, 15) is 8.42 Å². The molecule has 1 aromatic rings. The molecule has 0 amide bonds. The highest BCUT2D eigenvalue weighted by atomic mass is 79.9. The molecule has 68 valence electrons. The average molecular weight is 254 g/mol. The molecule has 0 atom stereocenters. The number of rotatable bonds is 1. The number of nitrogens with two attached hydrogens (primary N) is 1. The molecule has 1 aromatic heterocycles. The van der Waals surface area contributed by atoms with Crippen LogP contribution in [-0.4, -0.2) is 18.2 Å². The fourth-order valence-corrected chi connectivity index (χ4v) is 2.38. The van der Waals surface area contributed by atoms with Gasteiger partial charge in [0, 0.05) is 7.05 Å². The summed E-state index contributed by atoms with van der Waals surface area (Å²) in [6, 6.07) is 0. The molecule has 0 spiro atoms. The summed E-state index contributed by atoms with van der Waals surface area (Å²) < 4.78 is 23.7. The van der Waals surface area contributed by atoms with E-state index in [4.69, 9.17) is 5.14 Å². The van der Waals surface area contributed by atoms with Crippen LogP contribution in [0.15, 0.2) is 9.50 Å². The second-order valence-corrected chi connectivity index (χ2v) is 4.64. The summed E-state index contributed by atoms with van der Waals surface area (Å²) in [4.78, 5) is 0. The van der Waals surface area contributed by atoms with Gasteiger partial charge in [0.05, 0.1) is 10.2 Å². The van der Waals surface area contributed by atoms with E-state index in [0.717, 1.165) is 5.69 Å². The second kappa shape index (κ2) is 2.82. The first kappa shape index (κ1) is 9.69. The molecule has 5 nitrogen and oxygen atoms in total. The number of hydrogen-bond acceptors (Lipinski definition) is 3. The summed E-state index contributed by atoms with van der Waals surface area (Å²) in [5, 5.41) is 8.52. The lowest BCUT2D eigenvalue weighted by molar-refractivity contribution is 0.589. The van der Waals surface area contributed by atoms with Gasteiger partial charge < -0.3 is 0 Å². The predicted molar refractivity (Wildman–Crippen MR) is 47.0 cm³/mol. The smallest absolute Gasteiger partial charge is 0.258 e. The highest BCUT2D eigenvalue weighted by molar-refractivity contribution is 9.10. The van der Waals surface area contributed by atoms with Gasteiger partial charge in [0.2, 0.25) is 5.03 Å². The van der Waals surface area contributed by atoms with Crippen molar-refractivity contribution in [2.24, 2.45) is 12.2 Å². The third-order valence-electron chi connectivity index (χ3n) is 1.50. The zero-order valence-electron chi connectivity index (χ0n) is 6.57. The summed E-state index contributed by atoms with van der Waals surface area (Å²) in [6.07, 6.45) is 0. The predicted octanol–water partition coefficient (Wildman–Crippen LogP) is 0.138. The molecule has 12 heavy (non-hydrogen) atoms. The van der Waals surface area contributed by atoms with Crippen LogP contribution in [0.4, 0.5) is 0 Å². The normalized spacial score (nSPS) is 12.0. The Labute approximate surface area is 78.7 Å². The monoisotopic (exact) mass is 253 g/mol. The van der Waals surface area contributed by atoms with Crippen molar-refractivity contribution in [1.82, 2.24) is 9.78 Å². The lowest BCUT2D eigenvalue weighted by Gasteiger charge is -1.90. The maximum atomic E-state index is 10.9. The highest BCUT2D eigenvalue weighted by Gasteiger charge is 2.19. The van der Waals surface area contributed by atoms with E-state index in [-0.39, 0.29) is 5.03 Å². The SMILES string of the molecule is Cc1c(Br)c(S(N)(=O)=O)nn1C. The van der Waals surface area contributed by atoms with E-state index >= 15 is 0 Å². The number of sulfonamides is 1. The van der Waals surface area contributed by atoms with Crippen LogP contribution >= 0.6 is 15.9 Å². The van der Waals surface area contributed by atoms with E-state index in [1.54, 1.807) is 14.0 Å². The molecule has 0 aliphatic rings. The first-order chi connectivity index (χ1) is 5.34. The molecular weight excluding hydrogens is 246 g/mol. The van der Waals surface area contributed by atoms with Gasteiger partial charge in [0.15, 0.2) is 0 Å². The van der Waals surface area contributed by atoms with E-state index in [1.807, 2.05) is 0 Å². The van der Waals surface area contributed by atoms with Crippen molar-refractivity contribution in [3.63, 3.8) is 0 Å². The molecule has 0 aliphatic heterocycles. The van der Waals surface area contributed by atoms with Crippen LogP contribution in [0.25, 0.3) is 0 Å². The topological polar surface area (TPSA) is 78.0 Å². The maximum absolute atomic E-state index is 10.9. The van der Waals surface area contributed by atoms with Gasteiger partial charge in [0.1, 0.15) is 0 Å². The van der Waals surface area contributed by atoms with Gasteiger partial charge in [-0.25, -0.2) is 13.6 Å². The molecule has 2 N–H and O–H groups in total. The van der Waals surface area contributed by atoms with Crippen LogP contribution in [0.5, 0.6) is 0 Å². The third kappa shape index (κ3) is 1.52. The van der Waals surface area contributed by atoms with Gasteiger partial charge >= 0.3 is 0 Å². The van der Waals surface area contributed by atoms with E-state index in [0.29, 0.717) is 4.47 Å². The minimum atomic E-state index is -3.71. The fourth-order valence-electron chi connectivity index (χ4n) is 0.734. The maximum Gasteiger partial charge on any atom is 0.258 e. The summed E-state index contributed by atoms with van der Waals surface area (Å²) in [7, 11) is -2.07. The summed E-state index contributed by atoms with van der Waals surface area (Å²) in [5.41, 5.74) is 0.721. The van der Waals surface area contributed by atoms with Crippen molar-refractivity contribution in [3.05, 3.63) is 10.2 Å². The molecule has 0 saturated heterocycles. The number of aryl methyl sites for hydroxylation is 1. The molecule has 7 heteroatoms. The van der Waals surface area contributed by atoms with Crippen molar-refractivity contribution in [2.45, 2.75) is 11.9 Å². The molecule has 1 heterocycles. The van der Waals surface area contributed by atoms with Crippen molar-refractivity contribution in [3.8, 4) is 0 Å². The fraction of sp³-hybridized carbons (Fsp3) is 0.400. The first-order valence-corrected chi connectivity index (χ1v) is 5.40. The van der Waals surface area contributed by atoms with Gasteiger partial charge in [-0.05, 0) is 22.9 Å². The minimum absolute atomic E-state index is 0.123. The Kier molecular flexibility index (Phi) is 2.28. The van der Waals surface area contributed by atoms with Crippen molar-refractivity contribution >= 4 is 26.0 Å². The van der Waals surface area contributed by atoms with Gasteiger partial charge in [0.25, 0.3) is 10.0 Å². The summed E-state index contributed by atoms with van der Waals surface area (Å²) in [6.45, 7) is 1.74. The zero-order valence-corrected chi connectivity index (χ0v) is 8.98. The van der Waals surface area contributed by atoms with Crippen LogP contribution in [-0.2, 0) is 17.1 Å².